The van der Waals surface area contributed by atoms with E-state index >= 15 is 0 Å². The SMILES string of the molecule is O=C(NCC(c1cccs1)N1CCCC1)c1ccc(S(=O)(=O)NC2CC2)cc1. The Morgan fingerprint density at radius 2 is 1.86 bits per heavy atom. The van der Waals surface area contributed by atoms with Crippen LogP contribution >= 0.6 is 11.3 Å². The number of carbonyl (C=O) groups excluding carboxylic acids is 1. The van der Waals surface area contributed by atoms with Crippen LogP contribution in [-0.4, -0.2) is 44.9 Å². The summed E-state index contributed by atoms with van der Waals surface area (Å²) < 4.78 is 27.1. The highest BCUT2D eigenvalue weighted by Crippen LogP contribution is 2.28. The lowest BCUT2D eigenvalue weighted by Crippen LogP contribution is -2.36. The van der Waals surface area contributed by atoms with Crippen molar-refractivity contribution >= 4 is 27.3 Å². The number of likely N-dealkylation sites (tertiary alicyclic amines) is 1. The Morgan fingerprint density at radius 3 is 2.46 bits per heavy atom. The van der Waals surface area contributed by atoms with Crippen LogP contribution < -0.4 is 10.0 Å². The molecular formula is C20H25N3O3S2. The number of hydrogen-bond donors (Lipinski definition) is 2. The first-order valence-corrected chi connectivity index (χ1v) is 12.1. The predicted molar refractivity (Wildman–Crippen MR) is 110 cm³/mol. The molecular weight excluding hydrogens is 394 g/mol. The van der Waals surface area contributed by atoms with Crippen molar-refractivity contribution in [2.45, 2.75) is 42.7 Å². The van der Waals surface area contributed by atoms with Crippen LogP contribution in [0.1, 0.15) is 47.0 Å². The van der Waals surface area contributed by atoms with Gasteiger partial charge in [-0.1, -0.05) is 6.07 Å². The summed E-state index contributed by atoms with van der Waals surface area (Å²) in [5, 5.41) is 5.09. The van der Waals surface area contributed by atoms with Crippen LogP contribution in [0.15, 0.2) is 46.7 Å². The summed E-state index contributed by atoms with van der Waals surface area (Å²) in [6.07, 6.45) is 4.17. The van der Waals surface area contributed by atoms with Gasteiger partial charge in [-0.15, -0.1) is 11.3 Å². The van der Waals surface area contributed by atoms with Crippen LogP contribution in [0.4, 0.5) is 0 Å². The molecule has 1 aromatic heterocycles. The van der Waals surface area contributed by atoms with Crippen LogP contribution in [0.5, 0.6) is 0 Å². The maximum absolute atomic E-state index is 12.6. The summed E-state index contributed by atoms with van der Waals surface area (Å²) in [6, 6.07) is 10.6. The van der Waals surface area contributed by atoms with E-state index in [0.717, 1.165) is 25.9 Å². The minimum Gasteiger partial charge on any atom is -0.350 e. The van der Waals surface area contributed by atoms with Gasteiger partial charge < -0.3 is 5.32 Å². The van der Waals surface area contributed by atoms with Crippen molar-refractivity contribution < 1.29 is 13.2 Å². The van der Waals surface area contributed by atoms with E-state index < -0.39 is 10.0 Å². The molecule has 2 aliphatic rings. The lowest BCUT2D eigenvalue weighted by molar-refractivity contribution is 0.0938. The van der Waals surface area contributed by atoms with Crippen molar-refractivity contribution in [1.29, 1.82) is 0 Å². The summed E-state index contributed by atoms with van der Waals surface area (Å²) in [4.78, 5) is 16.5. The summed E-state index contributed by atoms with van der Waals surface area (Å²) in [5.74, 6) is -0.181. The van der Waals surface area contributed by atoms with Gasteiger partial charge >= 0.3 is 0 Å². The molecule has 1 atom stereocenters. The minimum absolute atomic E-state index is 0.0627. The average molecular weight is 420 g/mol. The molecule has 1 aliphatic heterocycles. The maximum Gasteiger partial charge on any atom is 0.251 e. The number of hydrogen-bond acceptors (Lipinski definition) is 5. The first kappa shape index (κ1) is 19.6. The second kappa shape index (κ2) is 8.32. The second-order valence-electron chi connectivity index (χ2n) is 7.40. The smallest absolute Gasteiger partial charge is 0.251 e. The highest BCUT2D eigenvalue weighted by molar-refractivity contribution is 7.89. The number of thiophene rings is 1. The molecule has 2 heterocycles. The number of benzene rings is 1. The fourth-order valence-corrected chi connectivity index (χ4v) is 5.68. The third-order valence-corrected chi connectivity index (χ3v) is 7.74. The van der Waals surface area contributed by atoms with Gasteiger partial charge in [0.25, 0.3) is 5.91 Å². The van der Waals surface area contributed by atoms with Crippen molar-refractivity contribution in [3.63, 3.8) is 0 Å². The molecule has 6 nitrogen and oxygen atoms in total. The number of nitrogens with zero attached hydrogens (tertiary/aromatic N) is 1. The molecule has 2 N–H and O–H groups in total. The van der Waals surface area contributed by atoms with E-state index in [1.807, 2.05) is 6.07 Å². The molecule has 150 valence electrons. The quantitative estimate of drug-likeness (QED) is 0.690. The van der Waals surface area contributed by atoms with Crippen LogP contribution in [0.25, 0.3) is 0 Å². The van der Waals surface area contributed by atoms with E-state index in [-0.39, 0.29) is 22.9 Å². The Balaban J connectivity index is 1.40. The van der Waals surface area contributed by atoms with Gasteiger partial charge in [0.1, 0.15) is 0 Å². The topological polar surface area (TPSA) is 78.5 Å². The van der Waals surface area contributed by atoms with E-state index in [4.69, 9.17) is 0 Å². The molecule has 1 unspecified atom stereocenters. The molecule has 1 saturated carbocycles. The highest BCUT2D eigenvalue weighted by Gasteiger charge is 2.28. The average Bonchev–Trinajstić information content (AvgIpc) is 3.15. The Bertz CT molecular complexity index is 901. The lowest BCUT2D eigenvalue weighted by atomic mass is 10.2. The number of amides is 1. The van der Waals surface area contributed by atoms with Gasteiger partial charge in [-0.05, 0) is 74.5 Å². The van der Waals surface area contributed by atoms with Gasteiger partial charge in [0.15, 0.2) is 0 Å². The Morgan fingerprint density at radius 1 is 1.14 bits per heavy atom. The van der Waals surface area contributed by atoms with Gasteiger partial charge in [0.05, 0.1) is 10.9 Å². The first-order valence-electron chi connectivity index (χ1n) is 9.71. The standard InChI is InChI=1S/C20H25N3O3S2/c24-20(15-5-9-17(10-6-15)28(25,26)22-16-7-8-16)21-14-18(19-4-3-13-27-19)23-11-1-2-12-23/h3-6,9-10,13,16,18,22H,1-2,7-8,11-12,14H2,(H,21,24). The van der Waals surface area contributed by atoms with Crippen molar-refractivity contribution in [2.24, 2.45) is 0 Å². The normalized spacial score (nSPS) is 18.9. The van der Waals surface area contributed by atoms with Gasteiger partial charge in [-0.25, -0.2) is 13.1 Å². The molecule has 1 aliphatic carbocycles. The molecule has 0 radical (unpaired) electrons. The maximum atomic E-state index is 12.6. The fraction of sp³-hybridized carbons (Fsp3) is 0.450. The molecule has 2 aromatic rings. The minimum atomic E-state index is -3.49. The molecule has 0 spiro atoms. The molecule has 1 amide bonds. The summed E-state index contributed by atoms with van der Waals surface area (Å²) in [6.45, 7) is 2.65. The zero-order chi connectivity index (χ0) is 19.6. The van der Waals surface area contributed by atoms with Crippen LogP contribution in [0.3, 0.4) is 0 Å². The van der Waals surface area contributed by atoms with Crippen molar-refractivity contribution in [2.75, 3.05) is 19.6 Å². The van der Waals surface area contributed by atoms with Crippen molar-refractivity contribution in [3.8, 4) is 0 Å². The van der Waals surface area contributed by atoms with Crippen LogP contribution in [0.2, 0.25) is 0 Å². The third-order valence-electron chi connectivity index (χ3n) is 5.23. The number of rotatable bonds is 8. The monoisotopic (exact) mass is 419 g/mol. The first-order chi connectivity index (χ1) is 13.5. The van der Waals surface area contributed by atoms with E-state index in [9.17, 15) is 13.2 Å². The van der Waals surface area contributed by atoms with Gasteiger partial charge in [0, 0.05) is 23.0 Å². The zero-order valence-electron chi connectivity index (χ0n) is 15.6. The zero-order valence-corrected chi connectivity index (χ0v) is 17.3. The van der Waals surface area contributed by atoms with Gasteiger partial charge in [0.2, 0.25) is 10.0 Å². The van der Waals surface area contributed by atoms with Crippen molar-refractivity contribution in [3.05, 3.63) is 52.2 Å². The van der Waals surface area contributed by atoms with Crippen LogP contribution in [0, 0.1) is 0 Å². The van der Waals surface area contributed by atoms with E-state index in [2.05, 4.69) is 26.4 Å². The predicted octanol–water partition coefficient (Wildman–Crippen LogP) is 2.76. The molecule has 2 fully saturated rings. The molecule has 0 bridgehead atoms. The van der Waals surface area contributed by atoms with Crippen LogP contribution in [-0.2, 0) is 10.0 Å². The molecule has 28 heavy (non-hydrogen) atoms. The Labute approximate surface area is 170 Å². The van der Waals surface area contributed by atoms with Crippen molar-refractivity contribution in [1.82, 2.24) is 14.9 Å². The second-order valence-corrected chi connectivity index (χ2v) is 10.1. The summed E-state index contributed by atoms with van der Waals surface area (Å²) in [7, 11) is -3.49. The Kier molecular flexibility index (Phi) is 5.82. The molecule has 1 saturated heterocycles. The largest absolute Gasteiger partial charge is 0.350 e. The Hall–Kier alpha value is -1.74. The number of sulfonamides is 1. The number of carbonyl (C=O) groups is 1. The highest BCUT2D eigenvalue weighted by atomic mass is 32.2. The number of nitrogens with one attached hydrogen (secondary N) is 2. The summed E-state index contributed by atoms with van der Waals surface area (Å²) in [5.41, 5.74) is 0.469. The molecule has 4 rings (SSSR count). The van der Waals surface area contributed by atoms with E-state index in [1.54, 1.807) is 23.5 Å². The fourth-order valence-electron chi connectivity index (χ4n) is 3.51. The molecule has 1 aromatic carbocycles. The van der Waals surface area contributed by atoms with E-state index in [0.29, 0.717) is 12.1 Å². The lowest BCUT2D eigenvalue weighted by Gasteiger charge is -2.27. The van der Waals surface area contributed by atoms with Gasteiger partial charge in [-0.3, -0.25) is 9.69 Å². The summed E-state index contributed by atoms with van der Waals surface area (Å²) >= 11 is 1.71. The third kappa shape index (κ3) is 4.63. The molecule has 8 heteroatoms. The van der Waals surface area contributed by atoms with E-state index in [1.165, 1.54) is 29.9 Å². The van der Waals surface area contributed by atoms with Gasteiger partial charge in [-0.2, -0.15) is 0 Å².